The molecule has 2 heterocycles. The van der Waals surface area contributed by atoms with Gasteiger partial charge in [0.15, 0.2) is 0 Å². The molecule has 1 aromatic heterocycles. The molecule has 0 N–H and O–H groups in total. The Labute approximate surface area is 131 Å². The van der Waals surface area contributed by atoms with E-state index in [0.29, 0.717) is 0 Å². The quantitative estimate of drug-likeness (QED) is 0.802. The largest absolute Gasteiger partial charge is 0.342 e. The molecule has 0 unspecified atom stereocenters. The van der Waals surface area contributed by atoms with Crippen molar-refractivity contribution in [2.45, 2.75) is 24.0 Å². The fourth-order valence-electron chi connectivity index (χ4n) is 2.05. The van der Waals surface area contributed by atoms with Crippen molar-refractivity contribution in [2.24, 2.45) is 0 Å². The van der Waals surface area contributed by atoms with E-state index in [2.05, 4.69) is 15.9 Å². The topological polar surface area (TPSA) is 57.7 Å². The van der Waals surface area contributed by atoms with E-state index in [1.54, 1.807) is 11.0 Å². The Bertz CT molecular complexity index is 587. The minimum Gasteiger partial charge on any atom is -0.342 e. The molecule has 0 bridgehead atoms. The Morgan fingerprint density at radius 2 is 2.05 bits per heavy atom. The number of nitrogens with zero attached hydrogens (tertiary/aromatic N) is 2. The number of thiophene rings is 1. The van der Waals surface area contributed by atoms with Crippen molar-refractivity contribution in [1.82, 2.24) is 9.21 Å². The number of carbonyl (C=O) groups excluding carboxylic acids is 1. The molecule has 1 fully saturated rings. The number of amides is 1. The molecular weight excluding hydrogens is 364 g/mol. The summed E-state index contributed by atoms with van der Waals surface area (Å²) in [4.78, 5) is 13.7. The average Bonchev–Trinajstić information content (AvgIpc) is 3.00. The number of sulfonamides is 1. The van der Waals surface area contributed by atoms with E-state index >= 15 is 0 Å². The zero-order chi connectivity index (χ0) is 14.9. The molecule has 8 heteroatoms. The molecule has 5 nitrogen and oxygen atoms in total. The second-order valence-corrected chi connectivity index (χ2v) is 9.51. The maximum Gasteiger partial charge on any atom is 0.252 e. The van der Waals surface area contributed by atoms with Crippen LogP contribution >= 0.6 is 27.3 Å². The molecule has 0 saturated carbocycles. The summed E-state index contributed by atoms with van der Waals surface area (Å²) >= 11 is 4.49. The van der Waals surface area contributed by atoms with Crippen LogP contribution in [-0.4, -0.2) is 50.2 Å². The number of rotatable bonds is 4. The van der Waals surface area contributed by atoms with Crippen LogP contribution in [0.5, 0.6) is 0 Å². The number of likely N-dealkylation sites (N-methyl/N-ethyl adjacent to an activating group) is 1. The first-order valence-electron chi connectivity index (χ1n) is 6.32. The lowest BCUT2D eigenvalue weighted by Crippen LogP contribution is -2.39. The van der Waals surface area contributed by atoms with Crippen LogP contribution in [0, 0.1) is 6.92 Å². The number of carbonyl (C=O) groups is 1. The molecule has 1 amide bonds. The van der Waals surface area contributed by atoms with Gasteiger partial charge >= 0.3 is 0 Å². The minimum atomic E-state index is -3.59. The van der Waals surface area contributed by atoms with Gasteiger partial charge in [-0.05, 0) is 47.3 Å². The number of hydrogen-bond donors (Lipinski definition) is 0. The average molecular weight is 381 g/mol. The van der Waals surface area contributed by atoms with Gasteiger partial charge < -0.3 is 4.90 Å². The van der Waals surface area contributed by atoms with Gasteiger partial charge in [0.2, 0.25) is 5.91 Å². The fraction of sp³-hybridized carbons (Fsp3) is 0.583. The fourth-order valence-corrected chi connectivity index (χ4v) is 5.61. The maximum absolute atomic E-state index is 12.4. The highest BCUT2D eigenvalue weighted by atomic mass is 79.9. The Hall–Kier alpha value is -0.440. The van der Waals surface area contributed by atoms with Crippen molar-refractivity contribution in [3.05, 3.63) is 15.4 Å². The van der Waals surface area contributed by atoms with Crippen LogP contribution in [-0.2, 0) is 14.8 Å². The van der Waals surface area contributed by atoms with E-state index in [1.807, 2.05) is 6.92 Å². The Morgan fingerprint density at radius 3 is 2.55 bits per heavy atom. The molecule has 0 spiro atoms. The molecule has 1 aliphatic heterocycles. The van der Waals surface area contributed by atoms with E-state index in [1.165, 1.54) is 18.4 Å². The van der Waals surface area contributed by atoms with Crippen molar-refractivity contribution in [3.8, 4) is 0 Å². The van der Waals surface area contributed by atoms with Crippen LogP contribution < -0.4 is 0 Å². The SMILES string of the molecule is Cc1cc(S(=O)(=O)N(C)CC(=O)N2CCCC2)sc1Br. The van der Waals surface area contributed by atoms with Crippen LogP contribution in [0.2, 0.25) is 0 Å². The molecule has 0 aliphatic carbocycles. The lowest BCUT2D eigenvalue weighted by Gasteiger charge is -2.20. The van der Waals surface area contributed by atoms with E-state index in [4.69, 9.17) is 0 Å². The molecule has 0 radical (unpaired) electrons. The summed E-state index contributed by atoms with van der Waals surface area (Å²) in [6.45, 7) is 3.21. The Morgan fingerprint density at radius 1 is 1.45 bits per heavy atom. The van der Waals surface area contributed by atoms with Crippen LogP contribution in [0.25, 0.3) is 0 Å². The third-order valence-electron chi connectivity index (χ3n) is 3.32. The molecule has 1 aliphatic rings. The summed E-state index contributed by atoms with van der Waals surface area (Å²) in [6, 6.07) is 1.63. The number of hydrogen-bond acceptors (Lipinski definition) is 4. The van der Waals surface area contributed by atoms with Gasteiger partial charge in [0, 0.05) is 20.1 Å². The monoisotopic (exact) mass is 380 g/mol. The standard InChI is InChI=1S/C12H17BrN2O3S2/c1-9-7-11(19-12(9)13)20(17,18)14(2)8-10(16)15-5-3-4-6-15/h7H,3-6,8H2,1-2H3. The molecule has 112 valence electrons. The predicted molar refractivity (Wildman–Crippen MR) is 82.4 cm³/mol. The molecule has 0 aromatic carbocycles. The van der Waals surface area contributed by atoms with Gasteiger partial charge in [0.1, 0.15) is 4.21 Å². The summed E-state index contributed by atoms with van der Waals surface area (Å²) in [6.07, 6.45) is 2.00. The minimum absolute atomic E-state index is 0.100. The molecular formula is C12H17BrN2O3S2. The van der Waals surface area contributed by atoms with Crippen molar-refractivity contribution in [3.63, 3.8) is 0 Å². The third kappa shape index (κ3) is 3.24. The van der Waals surface area contributed by atoms with E-state index in [-0.39, 0.29) is 16.7 Å². The Kier molecular flexibility index (Phi) is 4.88. The summed E-state index contributed by atoms with van der Waals surface area (Å²) in [7, 11) is -2.14. The zero-order valence-electron chi connectivity index (χ0n) is 11.4. The lowest BCUT2D eigenvalue weighted by molar-refractivity contribution is -0.130. The highest BCUT2D eigenvalue weighted by Gasteiger charge is 2.28. The van der Waals surface area contributed by atoms with Crippen molar-refractivity contribution >= 4 is 43.2 Å². The van der Waals surface area contributed by atoms with Crippen LogP contribution in [0.4, 0.5) is 0 Å². The van der Waals surface area contributed by atoms with Gasteiger partial charge in [0.05, 0.1) is 10.3 Å². The molecule has 20 heavy (non-hydrogen) atoms. The predicted octanol–water partition coefficient (Wildman–Crippen LogP) is 2.06. The molecule has 2 rings (SSSR count). The second-order valence-electron chi connectivity index (χ2n) is 4.87. The van der Waals surface area contributed by atoms with Crippen LogP contribution in [0.15, 0.2) is 14.1 Å². The Balaban J connectivity index is 2.10. The smallest absolute Gasteiger partial charge is 0.252 e. The van der Waals surface area contributed by atoms with E-state index in [9.17, 15) is 13.2 Å². The van der Waals surface area contributed by atoms with Gasteiger partial charge in [-0.15, -0.1) is 11.3 Å². The van der Waals surface area contributed by atoms with Crippen molar-refractivity contribution in [2.75, 3.05) is 26.7 Å². The van der Waals surface area contributed by atoms with Gasteiger partial charge in [-0.2, -0.15) is 4.31 Å². The summed E-state index contributed by atoms with van der Waals surface area (Å²) in [5.74, 6) is -0.124. The zero-order valence-corrected chi connectivity index (χ0v) is 14.6. The number of likely N-dealkylation sites (tertiary alicyclic amines) is 1. The lowest BCUT2D eigenvalue weighted by atomic mass is 10.4. The van der Waals surface area contributed by atoms with Crippen LogP contribution in [0.3, 0.4) is 0 Å². The summed E-state index contributed by atoms with van der Waals surface area (Å²) in [5.41, 5.74) is 0.882. The first kappa shape index (κ1) is 15.9. The summed E-state index contributed by atoms with van der Waals surface area (Å²) < 4.78 is 27.0. The van der Waals surface area contributed by atoms with Crippen molar-refractivity contribution < 1.29 is 13.2 Å². The van der Waals surface area contributed by atoms with Gasteiger partial charge in [-0.25, -0.2) is 8.42 Å². The third-order valence-corrected chi connectivity index (χ3v) is 7.71. The first-order chi connectivity index (χ1) is 9.32. The molecule has 0 atom stereocenters. The van der Waals surface area contributed by atoms with Crippen LogP contribution in [0.1, 0.15) is 18.4 Å². The highest BCUT2D eigenvalue weighted by molar-refractivity contribution is 9.11. The van der Waals surface area contributed by atoms with Gasteiger partial charge in [0.25, 0.3) is 10.0 Å². The maximum atomic E-state index is 12.4. The first-order valence-corrected chi connectivity index (χ1v) is 9.37. The number of halogens is 1. The second kappa shape index (κ2) is 6.13. The number of aryl methyl sites for hydroxylation is 1. The molecule has 1 saturated heterocycles. The van der Waals surface area contributed by atoms with E-state index < -0.39 is 10.0 Å². The van der Waals surface area contributed by atoms with E-state index in [0.717, 1.165) is 39.6 Å². The van der Waals surface area contributed by atoms with Gasteiger partial charge in [-0.3, -0.25) is 4.79 Å². The van der Waals surface area contributed by atoms with Gasteiger partial charge in [-0.1, -0.05) is 0 Å². The normalized spacial score (nSPS) is 16.1. The highest BCUT2D eigenvalue weighted by Crippen LogP contribution is 2.31. The summed E-state index contributed by atoms with van der Waals surface area (Å²) in [5, 5.41) is 0. The van der Waals surface area contributed by atoms with Crippen molar-refractivity contribution in [1.29, 1.82) is 0 Å². The molecule has 1 aromatic rings.